The number of likely N-dealkylation sites (tertiary alicyclic amines) is 1. The first-order valence-electron chi connectivity index (χ1n) is 8.92. The van der Waals surface area contributed by atoms with Gasteiger partial charge in [0.15, 0.2) is 0 Å². The van der Waals surface area contributed by atoms with E-state index in [1.54, 1.807) is 6.92 Å². The summed E-state index contributed by atoms with van der Waals surface area (Å²) >= 11 is 0. The Kier molecular flexibility index (Phi) is 7.06. The van der Waals surface area contributed by atoms with Gasteiger partial charge in [0.25, 0.3) is 5.91 Å². The number of carboxylic acid groups (broad SMARTS) is 1. The first kappa shape index (κ1) is 21.7. The summed E-state index contributed by atoms with van der Waals surface area (Å²) in [5.74, 6) is -3.99. The molecule has 1 aromatic rings. The normalized spacial score (nSPS) is 17.1. The lowest BCUT2D eigenvalue weighted by Crippen LogP contribution is -2.54. The van der Waals surface area contributed by atoms with Crippen molar-refractivity contribution in [3.63, 3.8) is 0 Å². The van der Waals surface area contributed by atoms with Crippen LogP contribution >= 0.6 is 0 Å². The van der Waals surface area contributed by atoms with Crippen LogP contribution in [0.5, 0.6) is 0 Å². The van der Waals surface area contributed by atoms with Crippen molar-refractivity contribution in [2.45, 2.75) is 31.7 Å². The number of carboxylic acids is 1. The van der Waals surface area contributed by atoms with Crippen LogP contribution in [0.1, 0.15) is 36.5 Å². The first-order chi connectivity index (χ1) is 13.1. The van der Waals surface area contributed by atoms with Gasteiger partial charge >= 0.3 is 5.97 Å². The first-order valence-corrected chi connectivity index (χ1v) is 8.92. The Balaban J connectivity index is 1.96. The highest BCUT2D eigenvalue weighted by Crippen LogP contribution is 2.22. The van der Waals surface area contributed by atoms with Crippen molar-refractivity contribution in [1.82, 2.24) is 10.2 Å². The zero-order chi connectivity index (χ0) is 20.9. The number of nitrogens with one attached hydrogen (secondary N) is 1. The van der Waals surface area contributed by atoms with E-state index in [0.29, 0.717) is 18.9 Å². The van der Waals surface area contributed by atoms with E-state index in [1.807, 2.05) is 0 Å². The van der Waals surface area contributed by atoms with Crippen LogP contribution < -0.4 is 5.32 Å². The molecule has 28 heavy (non-hydrogen) atoms. The van der Waals surface area contributed by atoms with Crippen molar-refractivity contribution >= 4 is 17.8 Å². The molecule has 1 aliphatic heterocycles. The van der Waals surface area contributed by atoms with Gasteiger partial charge in [0.2, 0.25) is 5.91 Å². The molecule has 1 heterocycles. The van der Waals surface area contributed by atoms with E-state index >= 15 is 0 Å². The average Bonchev–Trinajstić information content (AvgIpc) is 2.60. The van der Waals surface area contributed by atoms with Crippen LogP contribution in [0.2, 0.25) is 0 Å². The maximum atomic E-state index is 13.8. The van der Waals surface area contributed by atoms with Gasteiger partial charge in [-0.2, -0.15) is 0 Å². The van der Waals surface area contributed by atoms with Crippen molar-refractivity contribution in [3.05, 3.63) is 35.4 Å². The zero-order valence-electron chi connectivity index (χ0n) is 15.8. The molecule has 9 heteroatoms. The third kappa shape index (κ3) is 5.48. The third-order valence-corrected chi connectivity index (χ3v) is 4.74. The number of amides is 2. The lowest BCUT2D eigenvalue weighted by Gasteiger charge is -2.34. The molecule has 1 fully saturated rings. The summed E-state index contributed by atoms with van der Waals surface area (Å²) in [4.78, 5) is 37.4. The number of rotatable bonds is 7. The molecule has 0 aliphatic carbocycles. The minimum absolute atomic E-state index is 0.0478. The molecule has 2 rings (SSSR count). The van der Waals surface area contributed by atoms with E-state index in [0.717, 1.165) is 12.1 Å². The number of ether oxygens (including phenoxy) is 1. The quantitative estimate of drug-likeness (QED) is 0.730. The second kappa shape index (κ2) is 9.09. The van der Waals surface area contributed by atoms with Crippen molar-refractivity contribution in [3.8, 4) is 0 Å². The van der Waals surface area contributed by atoms with Crippen molar-refractivity contribution in [1.29, 1.82) is 0 Å². The third-order valence-electron chi connectivity index (χ3n) is 4.74. The fourth-order valence-corrected chi connectivity index (χ4v) is 3.36. The van der Waals surface area contributed by atoms with Gasteiger partial charge in [-0.1, -0.05) is 0 Å². The predicted octanol–water partition coefficient (Wildman–Crippen LogP) is 1.81. The summed E-state index contributed by atoms with van der Waals surface area (Å²) in [7, 11) is 1.42. The molecule has 7 nitrogen and oxygen atoms in total. The molecule has 1 aliphatic rings. The Bertz CT molecular complexity index is 750. The van der Waals surface area contributed by atoms with Crippen molar-refractivity contribution in [2.24, 2.45) is 5.92 Å². The fourth-order valence-electron chi connectivity index (χ4n) is 3.36. The molecule has 0 saturated carbocycles. The molecule has 1 saturated heterocycles. The fraction of sp³-hybridized carbons (Fsp3) is 0.526. The number of carbonyl (C=O) groups is 3. The van der Waals surface area contributed by atoms with Crippen LogP contribution in [0.3, 0.4) is 0 Å². The Hall–Kier alpha value is -2.55. The van der Waals surface area contributed by atoms with E-state index in [-0.39, 0.29) is 37.6 Å². The molecule has 1 aromatic carbocycles. The maximum Gasteiger partial charge on any atom is 0.305 e. The van der Waals surface area contributed by atoms with Crippen molar-refractivity contribution in [2.75, 3.05) is 26.8 Å². The molecule has 2 amide bonds. The minimum atomic E-state index is -1.05. The molecule has 154 valence electrons. The highest BCUT2D eigenvalue weighted by atomic mass is 19.1. The Morgan fingerprint density at radius 1 is 1.29 bits per heavy atom. The van der Waals surface area contributed by atoms with Crippen LogP contribution in [0.4, 0.5) is 8.78 Å². The number of methoxy groups -OCH3 is 1. The lowest BCUT2D eigenvalue weighted by molar-refractivity contribution is -0.140. The maximum absolute atomic E-state index is 13.8. The standard InChI is InChI=1S/C19H24F2N2O5/c1-19(11-28-2,10-16(24)25)22-17(26)12-5-7-23(8-6-12)18(27)14-4-3-13(20)9-15(14)21/h3-4,9,12H,5-8,10-11H2,1-2H3,(H,22,26)(H,24,25). The summed E-state index contributed by atoms with van der Waals surface area (Å²) in [5, 5.41) is 11.8. The van der Waals surface area contributed by atoms with E-state index in [2.05, 4.69) is 5.32 Å². The summed E-state index contributed by atoms with van der Waals surface area (Å²) in [6, 6.07) is 2.79. The van der Waals surface area contributed by atoms with Crippen molar-refractivity contribution < 1.29 is 33.0 Å². The van der Waals surface area contributed by atoms with Crippen LogP contribution in [0, 0.1) is 17.6 Å². The van der Waals surface area contributed by atoms with Crippen LogP contribution in [0.15, 0.2) is 18.2 Å². The second-order valence-electron chi connectivity index (χ2n) is 7.24. The molecule has 1 unspecified atom stereocenters. The molecular weight excluding hydrogens is 374 g/mol. The largest absolute Gasteiger partial charge is 0.481 e. The zero-order valence-corrected chi connectivity index (χ0v) is 15.8. The topological polar surface area (TPSA) is 95.9 Å². The van der Waals surface area contributed by atoms with Crippen LogP contribution in [0.25, 0.3) is 0 Å². The minimum Gasteiger partial charge on any atom is -0.481 e. The summed E-state index contributed by atoms with van der Waals surface area (Å²) in [6.07, 6.45) is 0.431. The number of hydrogen-bond donors (Lipinski definition) is 2. The van der Waals surface area contributed by atoms with Gasteiger partial charge in [0.05, 0.1) is 24.1 Å². The number of piperidine rings is 1. The molecule has 0 radical (unpaired) electrons. The van der Waals surface area contributed by atoms with E-state index in [1.165, 1.54) is 12.0 Å². The van der Waals surface area contributed by atoms with Gasteiger partial charge in [-0.05, 0) is 31.9 Å². The highest BCUT2D eigenvalue weighted by Gasteiger charge is 2.34. The average molecular weight is 398 g/mol. The molecule has 0 spiro atoms. The van der Waals surface area contributed by atoms with Crippen LogP contribution in [-0.4, -0.2) is 60.1 Å². The smallest absolute Gasteiger partial charge is 0.305 e. The van der Waals surface area contributed by atoms with Gasteiger partial charge in [-0.15, -0.1) is 0 Å². The van der Waals surface area contributed by atoms with E-state index in [4.69, 9.17) is 9.84 Å². The SMILES string of the molecule is COCC(C)(CC(=O)O)NC(=O)C1CCN(C(=O)c2ccc(F)cc2F)CC1. The van der Waals surface area contributed by atoms with Gasteiger partial charge in [-0.25, -0.2) is 8.78 Å². The number of carbonyl (C=O) groups excluding carboxylic acids is 2. The Labute approximate surface area is 161 Å². The Morgan fingerprint density at radius 2 is 1.93 bits per heavy atom. The van der Waals surface area contributed by atoms with Gasteiger partial charge < -0.3 is 20.1 Å². The number of hydrogen-bond acceptors (Lipinski definition) is 4. The molecule has 2 N–H and O–H groups in total. The number of aliphatic carboxylic acids is 1. The molecule has 0 bridgehead atoms. The number of halogens is 2. The molecule has 1 atom stereocenters. The predicted molar refractivity (Wildman–Crippen MR) is 95.7 cm³/mol. The summed E-state index contributed by atoms with van der Waals surface area (Å²) in [6.45, 7) is 2.13. The second-order valence-corrected chi connectivity index (χ2v) is 7.24. The summed E-state index contributed by atoms with van der Waals surface area (Å²) in [5.41, 5.74) is -1.25. The number of nitrogens with zero attached hydrogens (tertiary/aromatic N) is 1. The van der Waals surface area contributed by atoms with Crippen LogP contribution in [-0.2, 0) is 14.3 Å². The summed E-state index contributed by atoms with van der Waals surface area (Å²) < 4.78 is 31.8. The molecular formula is C19H24F2N2O5. The number of benzene rings is 1. The Morgan fingerprint density at radius 3 is 2.46 bits per heavy atom. The highest BCUT2D eigenvalue weighted by molar-refractivity contribution is 5.94. The van der Waals surface area contributed by atoms with Gasteiger partial charge in [-0.3, -0.25) is 14.4 Å². The van der Waals surface area contributed by atoms with Gasteiger partial charge in [0, 0.05) is 32.2 Å². The lowest BCUT2D eigenvalue weighted by atomic mass is 9.92. The van der Waals surface area contributed by atoms with E-state index < -0.39 is 35.0 Å². The monoisotopic (exact) mass is 398 g/mol. The molecule has 0 aromatic heterocycles. The van der Waals surface area contributed by atoms with E-state index in [9.17, 15) is 23.2 Å². The van der Waals surface area contributed by atoms with Gasteiger partial charge in [0.1, 0.15) is 11.6 Å².